The summed E-state index contributed by atoms with van der Waals surface area (Å²) in [7, 11) is 0. The molecule has 2 unspecified atom stereocenters. The van der Waals surface area contributed by atoms with Crippen LogP contribution in [0, 0.1) is 0 Å². The van der Waals surface area contributed by atoms with E-state index in [1.807, 2.05) is 6.92 Å². The van der Waals surface area contributed by atoms with Gasteiger partial charge in [0.1, 0.15) is 17.3 Å². The highest BCUT2D eigenvalue weighted by molar-refractivity contribution is 5.68. The van der Waals surface area contributed by atoms with Crippen LogP contribution >= 0.6 is 0 Å². The molecule has 1 aromatic heterocycles. The SMILES string of the molecule is CC1CC(Oc2ncccc2C(F)(F)F)CCN1C(=O)OC(C)(C)C. The Morgan fingerprint density at radius 2 is 2.00 bits per heavy atom. The number of hydrogen-bond acceptors (Lipinski definition) is 4. The van der Waals surface area contributed by atoms with Crippen LogP contribution in [0.4, 0.5) is 18.0 Å². The van der Waals surface area contributed by atoms with Crippen molar-refractivity contribution in [2.24, 2.45) is 0 Å². The predicted octanol–water partition coefficient (Wildman–Crippen LogP) is 4.27. The van der Waals surface area contributed by atoms with Crippen molar-refractivity contribution in [1.82, 2.24) is 9.88 Å². The summed E-state index contributed by atoms with van der Waals surface area (Å²) in [4.78, 5) is 17.5. The lowest BCUT2D eigenvalue weighted by Crippen LogP contribution is -2.49. The summed E-state index contributed by atoms with van der Waals surface area (Å²) in [5.74, 6) is -0.419. The number of amides is 1. The maximum atomic E-state index is 13.0. The molecule has 2 rings (SSSR count). The molecule has 1 fully saturated rings. The fourth-order valence-electron chi connectivity index (χ4n) is 2.69. The molecule has 1 saturated heterocycles. The lowest BCUT2D eigenvalue weighted by molar-refractivity contribution is -0.139. The second kappa shape index (κ2) is 7.09. The maximum absolute atomic E-state index is 13.0. The standard InChI is InChI=1S/C17H23F3N2O3/c1-11-10-12(7-9-22(11)15(23)25-16(2,3)4)24-14-13(17(18,19)20)6-5-8-21-14/h5-6,8,11-12H,7,9-10H2,1-4H3. The summed E-state index contributed by atoms with van der Waals surface area (Å²) in [6.45, 7) is 7.53. The lowest BCUT2D eigenvalue weighted by atomic mass is 10.0. The van der Waals surface area contributed by atoms with Gasteiger partial charge in [0, 0.05) is 31.6 Å². The number of halogens is 3. The highest BCUT2D eigenvalue weighted by Crippen LogP contribution is 2.36. The Bertz CT molecular complexity index is 614. The third-order valence-electron chi connectivity index (χ3n) is 3.81. The van der Waals surface area contributed by atoms with Gasteiger partial charge in [-0.05, 0) is 39.8 Å². The molecule has 2 atom stereocenters. The van der Waals surface area contributed by atoms with Crippen LogP contribution in [-0.4, -0.2) is 40.3 Å². The zero-order valence-electron chi connectivity index (χ0n) is 14.8. The zero-order chi connectivity index (χ0) is 18.8. The first-order chi connectivity index (χ1) is 11.5. The van der Waals surface area contributed by atoms with E-state index >= 15 is 0 Å². The van der Waals surface area contributed by atoms with Gasteiger partial charge < -0.3 is 14.4 Å². The number of ether oxygens (including phenoxy) is 2. The van der Waals surface area contributed by atoms with Crippen molar-refractivity contribution >= 4 is 6.09 Å². The molecule has 0 radical (unpaired) electrons. The smallest absolute Gasteiger partial charge is 0.421 e. The molecule has 1 aliphatic rings. The number of rotatable bonds is 2. The van der Waals surface area contributed by atoms with E-state index in [0.717, 1.165) is 6.07 Å². The summed E-state index contributed by atoms with van der Waals surface area (Å²) >= 11 is 0. The van der Waals surface area contributed by atoms with Gasteiger partial charge in [0.05, 0.1) is 0 Å². The van der Waals surface area contributed by atoms with E-state index in [2.05, 4.69) is 4.98 Å². The summed E-state index contributed by atoms with van der Waals surface area (Å²) in [6, 6.07) is 1.97. The number of carbonyl (C=O) groups is 1. The van der Waals surface area contributed by atoms with E-state index < -0.39 is 35.4 Å². The Morgan fingerprint density at radius 1 is 1.32 bits per heavy atom. The summed E-state index contributed by atoms with van der Waals surface area (Å²) < 4.78 is 49.9. The van der Waals surface area contributed by atoms with E-state index in [0.29, 0.717) is 19.4 Å². The number of carbonyl (C=O) groups excluding carboxylic acids is 1. The maximum Gasteiger partial charge on any atom is 0.421 e. The Hall–Kier alpha value is -1.99. The number of piperidine rings is 1. The van der Waals surface area contributed by atoms with Gasteiger partial charge in [-0.3, -0.25) is 0 Å². The summed E-state index contributed by atoms with van der Waals surface area (Å²) in [6.07, 6.45) is -3.29. The van der Waals surface area contributed by atoms with Crippen LogP contribution < -0.4 is 4.74 Å². The monoisotopic (exact) mass is 360 g/mol. The van der Waals surface area contributed by atoms with Crippen molar-refractivity contribution in [3.63, 3.8) is 0 Å². The largest absolute Gasteiger partial charge is 0.474 e. The average molecular weight is 360 g/mol. The second-order valence-corrected chi connectivity index (χ2v) is 7.14. The van der Waals surface area contributed by atoms with Crippen molar-refractivity contribution in [2.45, 2.75) is 64.5 Å². The molecule has 25 heavy (non-hydrogen) atoms. The van der Waals surface area contributed by atoms with Crippen molar-refractivity contribution in [3.8, 4) is 5.88 Å². The highest BCUT2D eigenvalue weighted by Gasteiger charge is 2.37. The van der Waals surface area contributed by atoms with E-state index in [-0.39, 0.29) is 6.04 Å². The molecule has 1 aliphatic heterocycles. The van der Waals surface area contributed by atoms with Gasteiger partial charge in [0.15, 0.2) is 0 Å². The van der Waals surface area contributed by atoms with Crippen LogP contribution in [-0.2, 0) is 10.9 Å². The van der Waals surface area contributed by atoms with Gasteiger partial charge in [-0.2, -0.15) is 13.2 Å². The molecule has 0 saturated carbocycles. The minimum atomic E-state index is -4.52. The first-order valence-corrected chi connectivity index (χ1v) is 8.16. The Balaban J connectivity index is 2.02. The average Bonchev–Trinajstić information content (AvgIpc) is 2.44. The highest BCUT2D eigenvalue weighted by atomic mass is 19.4. The third kappa shape index (κ3) is 5.24. The number of aromatic nitrogens is 1. The van der Waals surface area contributed by atoms with Crippen molar-refractivity contribution in [1.29, 1.82) is 0 Å². The van der Waals surface area contributed by atoms with E-state index in [4.69, 9.17) is 9.47 Å². The molecule has 1 amide bonds. The summed E-state index contributed by atoms with van der Waals surface area (Å²) in [5.41, 5.74) is -1.49. The van der Waals surface area contributed by atoms with Crippen molar-refractivity contribution in [3.05, 3.63) is 23.9 Å². The number of nitrogens with zero attached hydrogens (tertiary/aromatic N) is 2. The molecule has 0 aliphatic carbocycles. The molecule has 0 N–H and O–H groups in total. The fourth-order valence-corrected chi connectivity index (χ4v) is 2.69. The van der Waals surface area contributed by atoms with Gasteiger partial charge >= 0.3 is 12.3 Å². The third-order valence-corrected chi connectivity index (χ3v) is 3.81. The van der Waals surface area contributed by atoms with Crippen molar-refractivity contribution in [2.75, 3.05) is 6.54 Å². The second-order valence-electron chi connectivity index (χ2n) is 7.14. The Labute approximate surface area is 145 Å². The normalized spacial score (nSPS) is 21.8. The van der Waals surface area contributed by atoms with Crippen LogP contribution in [0.1, 0.15) is 46.1 Å². The van der Waals surface area contributed by atoms with Gasteiger partial charge in [-0.1, -0.05) is 0 Å². The fraction of sp³-hybridized carbons (Fsp3) is 0.647. The van der Waals surface area contributed by atoms with Gasteiger partial charge in [0.2, 0.25) is 5.88 Å². The molecule has 2 heterocycles. The summed E-state index contributed by atoms with van der Waals surface area (Å²) in [5, 5.41) is 0. The van der Waals surface area contributed by atoms with Crippen LogP contribution in [0.15, 0.2) is 18.3 Å². The first kappa shape index (κ1) is 19.3. The number of pyridine rings is 1. The van der Waals surface area contributed by atoms with E-state index in [9.17, 15) is 18.0 Å². The van der Waals surface area contributed by atoms with E-state index in [1.165, 1.54) is 12.3 Å². The van der Waals surface area contributed by atoms with Gasteiger partial charge in [-0.25, -0.2) is 9.78 Å². The Kier molecular flexibility index (Phi) is 5.49. The predicted molar refractivity (Wildman–Crippen MR) is 85.3 cm³/mol. The zero-order valence-corrected chi connectivity index (χ0v) is 14.8. The molecule has 140 valence electrons. The van der Waals surface area contributed by atoms with Crippen molar-refractivity contribution < 1.29 is 27.4 Å². The number of likely N-dealkylation sites (tertiary alicyclic amines) is 1. The quantitative estimate of drug-likeness (QED) is 0.790. The molecule has 8 heteroatoms. The van der Waals surface area contributed by atoms with Crippen LogP contribution in [0.2, 0.25) is 0 Å². The molecular weight excluding hydrogens is 337 g/mol. The molecular formula is C17H23F3N2O3. The molecule has 0 spiro atoms. The van der Waals surface area contributed by atoms with Crippen LogP contribution in [0.5, 0.6) is 5.88 Å². The molecule has 5 nitrogen and oxygen atoms in total. The van der Waals surface area contributed by atoms with Crippen LogP contribution in [0.3, 0.4) is 0 Å². The minimum Gasteiger partial charge on any atom is -0.474 e. The molecule has 1 aromatic rings. The first-order valence-electron chi connectivity index (χ1n) is 8.16. The number of hydrogen-bond donors (Lipinski definition) is 0. The topological polar surface area (TPSA) is 51.7 Å². The lowest BCUT2D eigenvalue weighted by Gasteiger charge is -2.38. The molecule has 0 bridgehead atoms. The Morgan fingerprint density at radius 3 is 2.56 bits per heavy atom. The van der Waals surface area contributed by atoms with Crippen LogP contribution in [0.25, 0.3) is 0 Å². The van der Waals surface area contributed by atoms with Gasteiger partial charge in [0.25, 0.3) is 0 Å². The van der Waals surface area contributed by atoms with Gasteiger partial charge in [-0.15, -0.1) is 0 Å². The van der Waals surface area contributed by atoms with E-state index in [1.54, 1.807) is 25.7 Å². The minimum absolute atomic E-state index is 0.202. The number of alkyl halides is 3. The molecule has 0 aromatic carbocycles.